The van der Waals surface area contributed by atoms with E-state index in [1.165, 1.54) is 4.70 Å². The van der Waals surface area contributed by atoms with Gasteiger partial charge in [-0.1, -0.05) is 23.5 Å². The van der Waals surface area contributed by atoms with Crippen molar-refractivity contribution in [2.45, 2.75) is 19.3 Å². The molecule has 82 valence electrons. The molecule has 0 amide bonds. The van der Waals surface area contributed by atoms with Crippen LogP contribution in [0, 0.1) is 11.3 Å². The number of aromatic nitrogens is 1. The summed E-state index contributed by atoms with van der Waals surface area (Å²) in [4.78, 5) is 4.47. The lowest BCUT2D eigenvalue weighted by Gasteiger charge is -1.99. The van der Waals surface area contributed by atoms with E-state index < -0.39 is 0 Å². The molecule has 1 heterocycles. The Kier molecular flexibility index (Phi) is 3.73. The van der Waals surface area contributed by atoms with Gasteiger partial charge in [-0.15, -0.1) is 0 Å². The molecule has 0 fully saturated rings. The van der Waals surface area contributed by atoms with Gasteiger partial charge >= 0.3 is 0 Å². The minimum atomic E-state index is 0.640. The standard InChI is InChI=1S/C12H13N3S/c13-8-4-1-5-9-14-12-15-10-6-2-3-7-11(10)16-12/h2-3,6-7H,1,4-5,9H2,(H,14,15). The Morgan fingerprint density at radius 2 is 2.19 bits per heavy atom. The van der Waals surface area contributed by atoms with E-state index in [1.54, 1.807) is 11.3 Å². The fourth-order valence-electron chi connectivity index (χ4n) is 1.47. The topological polar surface area (TPSA) is 48.7 Å². The maximum atomic E-state index is 8.40. The van der Waals surface area contributed by atoms with Crippen molar-refractivity contribution in [3.05, 3.63) is 24.3 Å². The Labute approximate surface area is 98.7 Å². The van der Waals surface area contributed by atoms with E-state index in [1.807, 2.05) is 18.2 Å². The van der Waals surface area contributed by atoms with Crippen LogP contribution in [0.2, 0.25) is 0 Å². The maximum absolute atomic E-state index is 8.40. The third-order valence-corrected chi connectivity index (χ3v) is 3.28. The van der Waals surface area contributed by atoms with Gasteiger partial charge in [0.05, 0.1) is 16.3 Å². The number of unbranched alkanes of at least 4 members (excludes halogenated alkanes) is 2. The predicted octanol–water partition coefficient (Wildman–Crippen LogP) is 3.40. The van der Waals surface area contributed by atoms with Crippen molar-refractivity contribution in [2.24, 2.45) is 0 Å². The van der Waals surface area contributed by atoms with Crippen LogP contribution >= 0.6 is 11.3 Å². The molecule has 0 bridgehead atoms. The normalized spacial score (nSPS) is 10.2. The Morgan fingerprint density at radius 1 is 1.31 bits per heavy atom. The summed E-state index contributed by atoms with van der Waals surface area (Å²) in [6, 6.07) is 10.3. The van der Waals surface area contributed by atoms with E-state index in [-0.39, 0.29) is 0 Å². The Bertz CT molecular complexity index is 465. The summed E-state index contributed by atoms with van der Waals surface area (Å²) in [5, 5.41) is 12.7. The third-order valence-electron chi connectivity index (χ3n) is 2.29. The van der Waals surface area contributed by atoms with Gasteiger partial charge in [-0.25, -0.2) is 4.98 Å². The molecule has 1 N–H and O–H groups in total. The first-order valence-electron chi connectivity index (χ1n) is 5.36. The largest absolute Gasteiger partial charge is 0.361 e. The van der Waals surface area contributed by atoms with Crippen molar-refractivity contribution in [1.82, 2.24) is 4.98 Å². The number of nitriles is 1. The van der Waals surface area contributed by atoms with Gasteiger partial charge in [-0.2, -0.15) is 5.26 Å². The molecular weight excluding hydrogens is 218 g/mol. The van der Waals surface area contributed by atoms with Crippen molar-refractivity contribution < 1.29 is 0 Å². The molecular formula is C12H13N3S. The first-order chi connectivity index (χ1) is 7.90. The second kappa shape index (κ2) is 5.47. The highest BCUT2D eigenvalue weighted by Gasteiger charge is 2.01. The van der Waals surface area contributed by atoms with Crippen LogP contribution in [-0.4, -0.2) is 11.5 Å². The van der Waals surface area contributed by atoms with Crippen molar-refractivity contribution in [2.75, 3.05) is 11.9 Å². The first kappa shape index (κ1) is 10.9. The van der Waals surface area contributed by atoms with Crippen LogP contribution in [0.1, 0.15) is 19.3 Å². The van der Waals surface area contributed by atoms with Crippen molar-refractivity contribution >= 4 is 26.7 Å². The van der Waals surface area contributed by atoms with Crippen LogP contribution in [0.4, 0.5) is 5.13 Å². The Balaban J connectivity index is 1.88. The zero-order valence-corrected chi connectivity index (χ0v) is 9.76. The van der Waals surface area contributed by atoms with E-state index in [9.17, 15) is 0 Å². The quantitative estimate of drug-likeness (QED) is 0.802. The second-order valence-electron chi connectivity index (χ2n) is 3.53. The minimum absolute atomic E-state index is 0.640. The molecule has 3 nitrogen and oxygen atoms in total. The van der Waals surface area contributed by atoms with Crippen LogP contribution in [0.5, 0.6) is 0 Å². The molecule has 16 heavy (non-hydrogen) atoms. The highest BCUT2D eigenvalue weighted by Crippen LogP contribution is 2.25. The van der Waals surface area contributed by atoms with E-state index in [2.05, 4.69) is 22.4 Å². The monoisotopic (exact) mass is 231 g/mol. The average Bonchev–Trinajstić information content (AvgIpc) is 2.71. The molecule has 2 aromatic rings. The smallest absolute Gasteiger partial charge is 0.183 e. The summed E-state index contributed by atoms with van der Waals surface area (Å²) in [5.74, 6) is 0. The number of hydrogen-bond donors (Lipinski definition) is 1. The zero-order valence-electron chi connectivity index (χ0n) is 8.94. The van der Waals surface area contributed by atoms with Crippen molar-refractivity contribution in [3.63, 3.8) is 0 Å². The molecule has 0 saturated heterocycles. The van der Waals surface area contributed by atoms with Gasteiger partial charge in [0, 0.05) is 13.0 Å². The lowest BCUT2D eigenvalue weighted by molar-refractivity contribution is 0.784. The van der Waals surface area contributed by atoms with Crippen LogP contribution < -0.4 is 5.32 Å². The highest BCUT2D eigenvalue weighted by molar-refractivity contribution is 7.22. The van der Waals surface area contributed by atoms with Crippen LogP contribution in [0.3, 0.4) is 0 Å². The lowest BCUT2D eigenvalue weighted by atomic mass is 10.2. The number of hydrogen-bond acceptors (Lipinski definition) is 4. The van der Waals surface area contributed by atoms with Gasteiger partial charge in [0.2, 0.25) is 0 Å². The van der Waals surface area contributed by atoms with Gasteiger partial charge in [-0.3, -0.25) is 0 Å². The number of nitrogens with zero attached hydrogens (tertiary/aromatic N) is 2. The zero-order chi connectivity index (χ0) is 11.2. The van der Waals surface area contributed by atoms with Gasteiger partial charge in [-0.05, 0) is 25.0 Å². The molecule has 1 aromatic heterocycles. The van der Waals surface area contributed by atoms with Gasteiger partial charge in [0.15, 0.2) is 5.13 Å². The molecule has 0 atom stereocenters. The summed E-state index contributed by atoms with van der Waals surface area (Å²) < 4.78 is 1.21. The summed E-state index contributed by atoms with van der Waals surface area (Å²) in [6.45, 7) is 0.890. The number of rotatable bonds is 5. The molecule has 0 unspecified atom stereocenters. The number of fused-ring (bicyclic) bond motifs is 1. The Morgan fingerprint density at radius 3 is 3.00 bits per heavy atom. The fraction of sp³-hybridized carbons (Fsp3) is 0.333. The molecule has 0 radical (unpaired) electrons. The van der Waals surface area contributed by atoms with E-state index in [0.717, 1.165) is 30.0 Å². The lowest BCUT2D eigenvalue weighted by Crippen LogP contribution is -2.00. The summed E-state index contributed by atoms with van der Waals surface area (Å²) >= 11 is 1.67. The molecule has 2 rings (SSSR count). The first-order valence-corrected chi connectivity index (χ1v) is 6.18. The average molecular weight is 231 g/mol. The van der Waals surface area contributed by atoms with E-state index in [4.69, 9.17) is 5.26 Å². The third kappa shape index (κ3) is 2.71. The summed E-state index contributed by atoms with van der Waals surface area (Å²) in [7, 11) is 0. The molecule has 0 spiro atoms. The number of thiazole rings is 1. The van der Waals surface area contributed by atoms with Crippen LogP contribution in [0.15, 0.2) is 24.3 Å². The molecule has 0 saturated carbocycles. The molecule has 1 aromatic carbocycles. The van der Waals surface area contributed by atoms with Crippen LogP contribution in [0.25, 0.3) is 10.2 Å². The SMILES string of the molecule is N#CCCCCNc1nc2ccccc2s1. The highest BCUT2D eigenvalue weighted by atomic mass is 32.1. The number of para-hydroxylation sites is 1. The Hall–Kier alpha value is -1.60. The maximum Gasteiger partial charge on any atom is 0.183 e. The van der Waals surface area contributed by atoms with E-state index >= 15 is 0 Å². The van der Waals surface area contributed by atoms with Crippen LogP contribution in [-0.2, 0) is 0 Å². The summed E-state index contributed by atoms with van der Waals surface area (Å²) in [5.41, 5.74) is 1.05. The summed E-state index contributed by atoms with van der Waals surface area (Å²) in [6.07, 6.45) is 2.61. The molecule has 0 aliphatic rings. The number of anilines is 1. The number of benzene rings is 1. The molecule has 4 heteroatoms. The van der Waals surface area contributed by atoms with Crippen molar-refractivity contribution in [3.8, 4) is 6.07 Å². The predicted molar refractivity (Wildman–Crippen MR) is 67.6 cm³/mol. The van der Waals surface area contributed by atoms with Crippen molar-refractivity contribution in [1.29, 1.82) is 5.26 Å². The van der Waals surface area contributed by atoms with Gasteiger partial charge < -0.3 is 5.32 Å². The molecule has 0 aliphatic carbocycles. The minimum Gasteiger partial charge on any atom is -0.361 e. The fourth-order valence-corrected chi connectivity index (χ4v) is 2.36. The second-order valence-corrected chi connectivity index (χ2v) is 4.56. The number of nitrogens with one attached hydrogen (secondary N) is 1. The van der Waals surface area contributed by atoms with E-state index in [0.29, 0.717) is 6.42 Å². The van der Waals surface area contributed by atoms with Gasteiger partial charge in [0.1, 0.15) is 0 Å². The molecule has 0 aliphatic heterocycles. The van der Waals surface area contributed by atoms with Gasteiger partial charge in [0.25, 0.3) is 0 Å².